The molecule has 0 unspecified atom stereocenters. The lowest BCUT2D eigenvalue weighted by Crippen LogP contribution is -2.30. The molecule has 0 saturated heterocycles. The number of nitrogens with zero attached hydrogens (tertiary/aromatic N) is 3. The molecule has 0 aliphatic rings. The molecular formula is C23H21FN4O3. The molecule has 2 heterocycles. The zero-order valence-electron chi connectivity index (χ0n) is 17.3. The quantitative estimate of drug-likeness (QED) is 0.504. The first-order valence-electron chi connectivity index (χ1n) is 9.68. The molecule has 0 aliphatic heterocycles. The summed E-state index contributed by atoms with van der Waals surface area (Å²) in [5.74, 6) is -0.386. The molecule has 0 saturated carbocycles. The third kappa shape index (κ3) is 4.32. The van der Waals surface area contributed by atoms with Crippen LogP contribution in [0, 0.1) is 12.7 Å². The number of aromatic nitrogens is 3. The maximum absolute atomic E-state index is 13.8. The molecule has 31 heavy (non-hydrogen) atoms. The molecule has 2 aromatic carbocycles. The minimum Gasteiger partial charge on any atom is -0.480 e. The van der Waals surface area contributed by atoms with Crippen LogP contribution in [-0.2, 0) is 4.79 Å². The lowest BCUT2D eigenvalue weighted by molar-refractivity contribution is -0.122. The van der Waals surface area contributed by atoms with E-state index in [1.54, 1.807) is 42.9 Å². The number of carbonyl (C=O) groups excluding carboxylic acids is 1. The van der Waals surface area contributed by atoms with Crippen LogP contribution in [0.3, 0.4) is 0 Å². The van der Waals surface area contributed by atoms with Crippen LogP contribution >= 0.6 is 0 Å². The topological polar surface area (TPSA) is 77.8 Å². The summed E-state index contributed by atoms with van der Waals surface area (Å²) >= 11 is 0. The molecule has 0 aliphatic carbocycles. The van der Waals surface area contributed by atoms with Crippen molar-refractivity contribution < 1.29 is 18.7 Å². The molecular weight excluding hydrogens is 399 g/mol. The van der Waals surface area contributed by atoms with Gasteiger partial charge in [0.15, 0.2) is 23.3 Å². The second-order valence-electron chi connectivity index (χ2n) is 7.01. The zero-order valence-corrected chi connectivity index (χ0v) is 17.3. The lowest BCUT2D eigenvalue weighted by atomic mass is 10.1. The molecule has 1 amide bonds. The van der Waals surface area contributed by atoms with Gasteiger partial charge in [-0.15, -0.1) is 5.10 Å². The van der Waals surface area contributed by atoms with E-state index in [0.717, 1.165) is 11.1 Å². The van der Waals surface area contributed by atoms with Gasteiger partial charge in [-0.1, -0.05) is 24.3 Å². The van der Waals surface area contributed by atoms with Gasteiger partial charge < -0.3 is 14.8 Å². The monoisotopic (exact) mass is 420 g/mol. The fourth-order valence-electron chi connectivity index (χ4n) is 3.05. The van der Waals surface area contributed by atoms with Crippen molar-refractivity contribution in [2.75, 3.05) is 12.4 Å². The van der Waals surface area contributed by atoms with Gasteiger partial charge in [-0.2, -0.15) is 0 Å². The van der Waals surface area contributed by atoms with Gasteiger partial charge in [-0.05, 0) is 43.7 Å². The van der Waals surface area contributed by atoms with E-state index in [1.165, 1.54) is 12.1 Å². The van der Waals surface area contributed by atoms with E-state index in [2.05, 4.69) is 15.4 Å². The van der Waals surface area contributed by atoms with Crippen LogP contribution in [0.15, 0.2) is 60.8 Å². The van der Waals surface area contributed by atoms with Crippen LogP contribution < -0.4 is 14.8 Å². The number of imidazole rings is 1. The number of benzene rings is 2. The lowest BCUT2D eigenvalue weighted by Gasteiger charge is -2.16. The van der Waals surface area contributed by atoms with E-state index in [0.29, 0.717) is 22.9 Å². The SMILES string of the molecule is COc1ccc2nc(-c3ccc(C)c(NC(=O)[C@@H](C)Oc4ccccc4F)c3)cn2n1. The fraction of sp³-hybridized carbons (Fsp3) is 0.174. The Morgan fingerprint density at radius 2 is 1.97 bits per heavy atom. The van der Waals surface area contributed by atoms with Crippen molar-refractivity contribution in [3.63, 3.8) is 0 Å². The van der Waals surface area contributed by atoms with Crippen molar-refractivity contribution in [3.8, 4) is 22.9 Å². The average Bonchev–Trinajstić information content (AvgIpc) is 3.20. The molecule has 4 aromatic rings. The van der Waals surface area contributed by atoms with Crippen LogP contribution in [-0.4, -0.2) is 33.7 Å². The molecule has 0 fully saturated rings. The van der Waals surface area contributed by atoms with Crippen molar-refractivity contribution in [2.45, 2.75) is 20.0 Å². The van der Waals surface area contributed by atoms with Crippen LogP contribution in [0.25, 0.3) is 16.9 Å². The van der Waals surface area contributed by atoms with E-state index in [9.17, 15) is 9.18 Å². The van der Waals surface area contributed by atoms with E-state index in [4.69, 9.17) is 9.47 Å². The number of nitrogens with one attached hydrogen (secondary N) is 1. The molecule has 7 nitrogen and oxygen atoms in total. The van der Waals surface area contributed by atoms with Crippen molar-refractivity contribution in [1.29, 1.82) is 0 Å². The third-order valence-corrected chi connectivity index (χ3v) is 4.81. The van der Waals surface area contributed by atoms with Crippen LogP contribution in [0.5, 0.6) is 11.6 Å². The van der Waals surface area contributed by atoms with Gasteiger partial charge in [0.2, 0.25) is 5.88 Å². The highest BCUT2D eigenvalue weighted by Gasteiger charge is 2.18. The van der Waals surface area contributed by atoms with Crippen LogP contribution in [0.2, 0.25) is 0 Å². The number of hydrogen-bond donors (Lipinski definition) is 1. The van der Waals surface area contributed by atoms with Crippen molar-refractivity contribution in [3.05, 3.63) is 72.2 Å². The molecule has 4 rings (SSSR count). The summed E-state index contributed by atoms with van der Waals surface area (Å²) in [6.07, 6.45) is 0.907. The Hall–Kier alpha value is -3.94. The molecule has 2 aromatic heterocycles. The van der Waals surface area contributed by atoms with E-state index < -0.39 is 11.9 Å². The van der Waals surface area contributed by atoms with Crippen molar-refractivity contribution in [1.82, 2.24) is 14.6 Å². The van der Waals surface area contributed by atoms with Crippen LogP contribution in [0.1, 0.15) is 12.5 Å². The normalized spacial score (nSPS) is 11.9. The summed E-state index contributed by atoms with van der Waals surface area (Å²) in [5.41, 5.74) is 3.68. The molecule has 1 atom stereocenters. The first-order valence-corrected chi connectivity index (χ1v) is 9.68. The molecule has 0 bridgehead atoms. The second-order valence-corrected chi connectivity index (χ2v) is 7.01. The van der Waals surface area contributed by atoms with Gasteiger partial charge in [0.05, 0.1) is 19.0 Å². The van der Waals surface area contributed by atoms with Gasteiger partial charge in [-0.25, -0.2) is 13.9 Å². The van der Waals surface area contributed by atoms with Gasteiger partial charge in [0.1, 0.15) is 0 Å². The minimum absolute atomic E-state index is 0.0308. The maximum atomic E-state index is 13.8. The first-order chi connectivity index (χ1) is 14.9. The molecule has 1 N–H and O–H groups in total. The number of aryl methyl sites for hydroxylation is 1. The first kappa shape index (κ1) is 20.3. The van der Waals surface area contributed by atoms with E-state index >= 15 is 0 Å². The highest BCUT2D eigenvalue weighted by atomic mass is 19.1. The van der Waals surface area contributed by atoms with E-state index in [1.807, 2.05) is 31.2 Å². The number of hydrogen-bond acceptors (Lipinski definition) is 5. The maximum Gasteiger partial charge on any atom is 0.265 e. The second kappa shape index (κ2) is 8.43. The van der Waals surface area contributed by atoms with Gasteiger partial charge in [-0.3, -0.25) is 4.79 Å². The Morgan fingerprint density at radius 1 is 1.16 bits per heavy atom. The molecule has 0 radical (unpaired) electrons. The Bertz CT molecular complexity index is 1250. The Balaban J connectivity index is 1.55. The van der Waals surface area contributed by atoms with E-state index in [-0.39, 0.29) is 11.7 Å². The Morgan fingerprint density at radius 3 is 2.74 bits per heavy atom. The zero-order chi connectivity index (χ0) is 22.0. The van der Waals surface area contributed by atoms with Gasteiger partial charge in [0.25, 0.3) is 5.91 Å². The summed E-state index contributed by atoms with van der Waals surface area (Å²) in [6, 6.07) is 15.2. The van der Waals surface area contributed by atoms with Crippen LogP contribution in [0.4, 0.5) is 10.1 Å². The number of rotatable bonds is 6. The summed E-state index contributed by atoms with van der Waals surface area (Å²) in [7, 11) is 1.55. The predicted octanol–water partition coefficient (Wildman–Crippen LogP) is 4.26. The Kier molecular flexibility index (Phi) is 5.53. The Labute approximate surface area is 178 Å². The number of amides is 1. The number of methoxy groups -OCH3 is 1. The fourth-order valence-corrected chi connectivity index (χ4v) is 3.05. The highest BCUT2D eigenvalue weighted by molar-refractivity contribution is 5.95. The molecule has 0 spiro atoms. The van der Waals surface area contributed by atoms with Gasteiger partial charge >= 0.3 is 0 Å². The number of anilines is 1. The summed E-state index contributed by atoms with van der Waals surface area (Å²) in [4.78, 5) is 17.2. The number of ether oxygens (including phenoxy) is 2. The largest absolute Gasteiger partial charge is 0.480 e. The number of carbonyl (C=O) groups is 1. The third-order valence-electron chi connectivity index (χ3n) is 4.81. The number of fused-ring (bicyclic) bond motifs is 1. The summed E-state index contributed by atoms with van der Waals surface area (Å²) in [6.45, 7) is 3.46. The van der Waals surface area contributed by atoms with Gasteiger partial charge in [0, 0.05) is 17.3 Å². The minimum atomic E-state index is -0.883. The molecule has 8 heteroatoms. The predicted molar refractivity (Wildman–Crippen MR) is 115 cm³/mol. The average molecular weight is 420 g/mol. The number of halogens is 1. The standard InChI is InChI=1S/C23H21FN4O3/c1-14-8-9-16(19-13-28-21(25-19)10-11-22(27-28)30-3)12-18(14)26-23(29)15(2)31-20-7-5-4-6-17(20)24/h4-13,15H,1-3H3,(H,26,29)/t15-/m1/s1. The van der Waals surface area contributed by atoms with Crippen molar-refractivity contribution >= 4 is 17.2 Å². The summed E-state index contributed by atoms with van der Waals surface area (Å²) in [5, 5.41) is 7.17. The molecule has 158 valence electrons. The number of para-hydroxylation sites is 1. The van der Waals surface area contributed by atoms with Crippen molar-refractivity contribution in [2.24, 2.45) is 0 Å². The summed E-state index contributed by atoms with van der Waals surface area (Å²) < 4.78 is 26.1. The highest BCUT2D eigenvalue weighted by Crippen LogP contribution is 2.26. The smallest absolute Gasteiger partial charge is 0.265 e.